The molecule has 0 fully saturated rings. The van der Waals surface area contributed by atoms with Crippen LogP contribution in [0, 0.1) is 18.6 Å². The Morgan fingerprint density at radius 1 is 0.667 bits per heavy atom. The number of nitrogens with one attached hydrogen (secondary N) is 2. The molecule has 0 aliphatic rings. The molecule has 17 heteroatoms. The van der Waals surface area contributed by atoms with Crippen molar-refractivity contribution < 1.29 is 35.1 Å². The molecule has 0 saturated heterocycles. The molecular weight excluding hydrogens is 723 g/mol. The molecule has 2 N–H and O–H groups in total. The molecule has 0 saturated carbocycles. The van der Waals surface area contributed by atoms with Crippen LogP contribution < -0.4 is 10.6 Å². The van der Waals surface area contributed by atoms with Gasteiger partial charge >= 0.3 is 12.4 Å². The first kappa shape index (κ1) is 37.3. The Morgan fingerprint density at radius 2 is 1.14 bits per heavy atom. The standard InChI is InChI=1S/C18H16F4N4S.C16H11F4N3S/c1-26(2)10-15-16(11-4-3-7-23-9-11)25-17(27-15)24-12-5-6-14(19)13(8-12)18(20,21)22;1-9-14(10-3-2-6-21-8-10)23-15(24-9)22-11-4-5-13(17)12(7-11)16(18,19)20/h3-9H,10H2,1-2H3,(H,24,25);2-8H,1H3,(H,22,23). The third-order valence-corrected chi connectivity index (χ3v) is 8.71. The summed E-state index contributed by atoms with van der Waals surface area (Å²) in [5.41, 5.74) is 0.652. The number of alkyl halides is 6. The molecule has 266 valence electrons. The van der Waals surface area contributed by atoms with Crippen LogP contribution in [0.15, 0.2) is 85.5 Å². The second-order valence-corrected chi connectivity index (χ2v) is 13.4. The fraction of sp³-hybridized carbons (Fsp3) is 0.176. The van der Waals surface area contributed by atoms with Crippen molar-refractivity contribution >= 4 is 44.3 Å². The smallest absolute Gasteiger partial charge is 0.332 e. The van der Waals surface area contributed by atoms with Gasteiger partial charge in [0.15, 0.2) is 10.3 Å². The maximum absolute atomic E-state index is 13.5. The number of benzene rings is 2. The predicted octanol–water partition coefficient (Wildman–Crippen LogP) is 10.6. The molecule has 0 radical (unpaired) electrons. The zero-order chi connectivity index (χ0) is 36.9. The quantitative estimate of drug-likeness (QED) is 0.150. The van der Waals surface area contributed by atoms with Crippen LogP contribution in [0.1, 0.15) is 20.9 Å². The molecule has 0 bridgehead atoms. The summed E-state index contributed by atoms with van der Waals surface area (Å²) in [6, 6.07) is 12.8. The Labute approximate surface area is 294 Å². The Morgan fingerprint density at radius 3 is 1.59 bits per heavy atom. The molecular formula is C34H27F8N7S2. The molecule has 2 aromatic carbocycles. The lowest BCUT2D eigenvalue weighted by molar-refractivity contribution is -0.140. The summed E-state index contributed by atoms with van der Waals surface area (Å²) >= 11 is 2.62. The van der Waals surface area contributed by atoms with Crippen molar-refractivity contribution in [2.45, 2.75) is 25.8 Å². The third-order valence-electron chi connectivity index (χ3n) is 6.87. The van der Waals surface area contributed by atoms with Gasteiger partial charge < -0.3 is 15.5 Å². The van der Waals surface area contributed by atoms with Crippen molar-refractivity contribution in [2.24, 2.45) is 0 Å². The number of rotatable bonds is 8. The van der Waals surface area contributed by atoms with Gasteiger partial charge in [0.05, 0.1) is 22.5 Å². The highest BCUT2D eigenvalue weighted by Gasteiger charge is 2.35. The molecule has 6 rings (SSSR count). The average Bonchev–Trinajstić information content (AvgIpc) is 3.64. The van der Waals surface area contributed by atoms with Crippen molar-refractivity contribution in [3.05, 3.63) is 118 Å². The minimum Gasteiger partial charge on any atom is -0.332 e. The molecule has 0 amide bonds. The third kappa shape index (κ3) is 9.62. The van der Waals surface area contributed by atoms with Gasteiger partial charge in [-0.3, -0.25) is 9.97 Å². The first-order valence-corrected chi connectivity index (χ1v) is 16.4. The van der Waals surface area contributed by atoms with E-state index in [1.807, 2.05) is 38.1 Å². The van der Waals surface area contributed by atoms with Crippen LogP contribution in [-0.4, -0.2) is 38.9 Å². The van der Waals surface area contributed by atoms with Crippen LogP contribution in [0.4, 0.5) is 56.8 Å². The number of aromatic nitrogens is 4. The molecule has 4 aromatic heterocycles. The summed E-state index contributed by atoms with van der Waals surface area (Å²) in [6.07, 6.45) is -2.88. The van der Waals surface area contributed by atoms with Gasteiger partial charge in [0.2, 0.25) is 0 Å². The monoisotopic (exact) mass is 749 g/mol. The maximum Gasteiger partial charge on any atom is 0.419 e. The van der Waals surface area contributed by atoms with E-state index in [2.05, 4.69) is 30.6 Å². The zero-order valence-corrected chi connectivity index (χ0v) is 28.5. The number of nitrogens with zero attached hydrogens (tertiary/aromatic N) is 5. The summed E-state index contributed by atoms with van der Waals surface area (Å²) in [5.74, 6) is -2.61. The van der Waals surface area contributed by atoms with Crippen molar-refractivity contribution in [3.8, 4) is 22.5 Å². The van der Waals surface area contributed by atoms with E-state index in [-0.39, 0.29) is 11.4 Å². The Hall–Kier alpha value is -5.00. The SMILES string of the molecule is CN(C)Cc1sc(Nc2ccc(F)c(C(F)(F)F)c2)nc1-c1cccnc1.Cc1sc(Nc2ccc(F)c(C(F)(F)F)c2)nc1-c1cccnc1. The second kappa shape index (κ2) is 15.5. The molecule has 0 aliphatic heterocycles. The molecule has 51 heavy (non-hydrogen) atoms. The van der Waals surface area contributed by atoms with Gasteiger partial charge in [0.25, 0.3) is 0 Å². The highest BCUT2D eigenvalue weighted by atomic mass is 32.1. The number of halogens is 8. The van der Waals surface area contributed by atoms with Crippen molar-refractivity contribution in [1.82, 2.24) is 24.8 Å². The van der Waals surface area contributed by atoms with Crippen LogP contribution in [0.3, 0.4) is 0 Å². The zero-order valence-electron chi connectivity index (χ0n) is 26.9. The minimum atomic E-state index is -4.76. The van der Waals surface area contributed by atoms with Crippen LogP contribution in [0.25, 0.3) is 22.5 Å². The first-order chi connectivity index (χ1) is 24.1. The molecule has 6 aromatic rings. The topological polar surface area (TPSA) is 78.9 Å². The summed E-state index contributed by atoms with van der Waals surface area (Å²) < 4.78 is 104. The first-order valence-electron chi connectivity index (χ1n) is 14.8. The van der Waals surface area contributed by atoms with E-state index in [0.29, 0.717) is 28.2 Å². The van der Waals surface area contributed by atoms with Gasteiger partial charge in [-0.05, 0) is 81.7 Å². The molecule has 7 nitrogen and oxygen atoms in total. The van der Waals surface area contributed by atoms with Crippen molar-refractivity contribution in [1.29, 1.82) is 0 Å². The normalized spacial score (nSPS) is 11.7. The second-order valence-electron chi connectivity index (χ2n) is 11.1. The average molecular weight is 750 g/mol. The van der Waals surface area contributed by atoms with E-state index in [0.717, 1.165) is 45.1 Å². The lowest BCUT2D eigenvalue weighted by Gasteiger charge is -2.10. The molecule has 0 atom stereocenters. The summed E-state index contributed by atoms with van der Waals surface area (Å²) in [7, 11) is 3.82. The van der Waals surface area contributed by atoms with Crippen LogP contribution in [0.2, 0.25) is 0 Å². The highest BCUT2D eigenvalue weighted by Crippen LogP contribution is 2.38. The molecule has 0 unspecified atom stereocenters. The van der Waals surface area contributed by atoms with E-state index < -0.39 is 35.1 Å². The fourth-order valence-corrected chi connectivity index (χ4v) is 6.61. The van der Waals surface area contributed by atoms with Crippen LogP contribution >= 0.6 is 22.7 Å². The number of aryl methyl sites for hydroxylation is 1. The molecule has 0 spiro atoms. The number of pyridine rings is 2. The summed E-state index contributed by atoms with van der Waals surface area (Å²) in [6.45, 7) is 2.47. The summed E-state index contributed by atoms with van der Waals surface area (Å²) in [4.78, 5) is 20.8. The predicted molar refractivity (Wildman–Crippen MR) is 182 cm³/mol. The van der Waals surface area contributed by atoms with Crippen molar-refractivity contribution in [2.75, 3.05) is 24.7 Å². The van der Waals surface area contributed by atoms with Gasteiger partial charge in [0.1, 0.15) is 11.6 Å². The van der Waals surface area contributed by atoms with Crippen molar-refractivity contribution in [3.63, 3.8) is 0 Å². The molecule has 4 heterocycles. The lowest BCUT2D eigenvalue weighted by Crippen LogP contribution is -2.10. The van der Waals surface area contributed by atoms with Gasteiger partial charge in [-0.2, -0.15) is 26.3 Å². The van der Waals surface area contributed by atoms with Crippen LogP contribution in [-0.2, 0) is 18.9 Å². The molecule has 0 aliphatic carbocycles. The lowest BCUT2D eigenvalue weighted by atomic mass is 10.2. The van der Waals surface area contributed by atoms with E-state index >= 15 is 0 Å². The highest BCUT2D eigenvalue weighted by molar-refractivity contribution is 7.16. The Kier molecular flexibility index (Phi) is 11.3. The maximum atomic E-state index is 13.5. The van der Waals surface area contributed by atoms with Gasteiger partial charge in [-0.15, -0.1) is 11.3 Å². The number of anilines is 4. The fourth-order valence-electron chi connectivity index (χ4n) is 4.64. The minimum absolute atomic E-state index is 0.117. The van der Waals surface area contributed by atoms with E-state index in [9.17, 15) is 35.1 Å². The number of hydrogen-bond donors (Lipinski definition) is 2. The number of hydrogen-bond acceptors (Lipinski definition) is 9. The summed E-state index contributed by atoms with van der Waals surface area (Å²) in [5, 5.41) is 6.49. The number of thiazole rings is 2. The van der Waals surface area contributed by atoms with Gasteiger partial charge in [0, 0.05) is 63.6 Å². The Bertz CT molecular complexity index is 2080. The van der Waals surface area contributed by atoms with E-state index in [4.69, 9.17) is 0 Å². The Balaban J connectivity index is 0.000000199. The van der Waals surface area contributed by atoms with Crippen LogP contribution in [0.5, 0.6) is 0 Å². The van der Waals surface area contributed by atoms with E-state index in [1.165, 1.54) is 34.8 Å². The van der Waals surface area contributed by atoms with Gasteiger partial charge in [-0.25, -0.2) is 18.7 Å². The van der Waals surface area contributed by atoms with E-state index in [1.54, 1.807) is 36.9 Å². The largest absolute Gasteiger partial charge is 0.419 e. The van der Waals surface area contributed by atoms with Gasteiger partial charge in [-0.1, -0.05) is 11.3 Å².